The van der Waals surface area contributed by atoms with Gasteiger partial charge in [0.1, 0.15) is 5.75 Å². The van der Waals surface area contributed by atoms with Crippen LogP contribution in [0.15, 0.2) is 84.9 Å². The molecular formula is C27H24O5. The number of methoxy groups -OCH3 is 1. The number of carbonyl (C=O) groups excluding carboxylic acids is 3. The molecule has 1 aliphatic rings. The highest BCUT2D eigenvalue weighted by Crippen LogP contribution is 2.58. The zero-order valence-corrected chi connectivity index (χ0v) is 17.9. The molecular weight excluding hydrogens is 404 g/mol. The molecule has 5 heteroatoms. The van der Waals surface area contributed by atoms with Crippen molar-refractivity contribution in [1.82, 2.24) is 0 Å². The minimum atomic E-state index is -0.559. The lowest BCUT2D eigenvalue weighted by Crippen LogP contribution is -2.52. The molecule has 3 aromatic carbocycles. The minimum Gasteiger partial charge on any atom is -0.469 e. The van der Waals surface area contributed by atoms with Crippen molar-refractivity contribution in [3.63, 3.8) is 0 Å². The van der Waals surface area contributed by atoms with E-state index in [1.54, 1.807) is 24.3 Å². The number of hydrogen-bond acceptors (Lipinski definition) is 5. The number of ketones is 1. The first-order valence-corrected chi connectivity index (χ1v) is 10.5. The Morgan fingerprint density at radius 1 is 0.656 bits per heavy atom. The van der Waals surface area contributed by atoms with Crippen LogP contribution in [0, 0.1) is 11.8 Å². The fourth-order valence-electron chi connectivity index (χ4n) is 4.59. The Bertz CT molecular complexity index is 1060. The molecule has 0 spiro atoms. The summed E-state index contributed by atoms with van der Waals surface area (Å²) in [7, 11) is 1.37. The normalized spacial score (nSPS) is 21.8. The van der Waals surface area contributed by atoms with E-state index in [2.05, 4.69) is 0 Å². The third-order valence-electron chi connectivity index (χ3n) is 6.14. The molecule has 0 heterocycles. The number of Topliss-reactive ketones (excluding diaryl/α,β-unsaturated/α-hetero) is 1. The highest BCUT2D eigenvalue weighted by molar-refractivity contribution is 5.94. The van der Waals surface area contributed by atoms with Crippen molar-refractivity contribution in [3.05, 3.63) is 102 Å². The highest BCUT2D eigenvalue weighted by Gasteiger charge is 2.59. The fourth-order valence-corrected chi connectivity index (χ4v) is 4.59. The van der Waals surface area contributed by atoms with Gasteiger partial charge in [-0.2, -0.15) is 0 Å². The Kier molecular flexibility index (Phi) is 6.17. The third-order valence-corrected chi connectivity index (χ3v) is 6.14. The van der Waals surface area contributed by atoms with Gasteiger partial charge in [0.25, 0.3) is 0 Å². The van der Waals surface area contributed by atoms with Crippen LogP contribution < -0.4 is 4.74 Å². The van der Waals surface area contributed by atoms with Crippen LogP contribution in [-0.2, 0) is 14.3 Å². The van der Waals surface area contributed by atoms with E-state index in [1.165, 1.54) is 14.0 Å². The SMILES string of the molecule is COC(=O)C1[C@H](c2ccccc2)C(C(=O)Oc2ccc(C(C)=O)cc2)[C@H]1c1ccccc1. The van der Waals surface area contributed by atoms with E-state index >= 15 is 0 Å². The molecule has 0 radical (unpaired) electrons. The number of carbonyl (C=O) groups is 3. The van der Waals surface area contributed by atoms with Crippen molar-refractivity contribution in [2.24, 2.45) is 11.8 Å². The van der Waals surface area contributed by atoms with Gasteiger partial charge in [0.05, 0.1) is 18.9 Å². The number of benzene rings is 3. The van der Waals surface area contributed by atoms with Crippen molar-refractivity contribution >= 4 is 17.7 Å². The summed E-state index contributed by atoms with van der Waals surface area (Å²) in [6.45, 7) is 1.48. The largest absolute Gasteiger partial charge is 0.469 e. The van der Waals surface area contributed by atoms with Crippen molar-refractivity contribution in [2.45, 2.75) is 18.8 Å². The lowest BCUT2D eigenvalue weighted by Gasteiger charge is -2.49. The molecule has 0 unspecified atom stereocenters. The van der Waals surface area contributed by atoms with Gasteiger partial charge in [-0.1, -0.05) is 60.7 Å². The maximum Gasteiger partial charge on any atom is 0.315 e. The number of esters is 2. The molecule has 0 N–H and O–H groups in total. The van der Waals surface area contributed by atoms with Gasteiger partial charge >= 0.3 is 11.9 Å². The van der Waals surface area contributed by atoms with E-state index in [4.69, 9.17) is 9.47 Å². The Morgan fingerprint density at radius 2 is 1.12 bits per heavy atom. The zero-order valence-electron chi connectivity index (χ0n) is 17.9. The average Bonchev–Trinajstić information content (AvgIpc) is 2.80. The Morgan fingerprint density at radius 3 is 1.56 bits per heavy atom. The van der Waals surface area contributed by atoms with Gasteiger partial charge < -0.3 is 9.47 Å². The number of rotatable bonds is 6. The summed E-state index contributed by atoms with van der Waals surface area (Å²) in [5, 5.41) is 0. The van der Waals surface area contributed by atoms with E-state index in [0.29, 0.717) is 11.3 Å². The lowest BCUT2D eigenvalue weighted by atomic mass is 9.52. The Labute approximate surface area is 187 Å². The van der Waals surface area contributed by atoms with Gasteiger partial charge in [-0.15, -0.1) is 0 Å². The summed E-state index contributed by atoms with van der Waals surface area (Å²) in [5.41, 5.74) is 2.33. The van der Waals surface area contributed by atoms with Crippen LogP contribution in [-0.4, -0.2) is 24.8 Å². The van der Waals surface area contributed by atoms with Crippen LogP contribution in [0.3, 0.4) is 0 Å². The maximum atomic E-state index is 13.4. The first kappa shape index (κ1) is 21.5. The van der Waals surface area contributed by atoms with E-state index < -0.39 is 17.8 Å². The third kappa shape index (κ3) is 4.06. The number of ether oxygens (including phenoxy) is 2. The molecule has 1 fully saturated rings. The maximum absolute atomic E-state index is 13.4. The predicted octanol–water partition coefficient (Wildman–Crippen LogP) is 4.78. The van der Waals surface area contributed by atoms with Crippen molar-refractivity contribution in [1.29, 1.82) is 0 Å². The summed E-state index contributed by atoms with van der Waals surface area (Å²) in [6.07, 6.45) is 0. The van der Waals surface area contributed by atoms with Crippen LogP contribution in [0.1, 0.15) is 40.2 Å². The minimum absolute atomic E-state index is 0.0592. The zero-order chi connectivity index (χ0) is 22.7. The second kappa shape index (κ2) is 9.18. The smallest absolute Gasteiger partial charge is 0.315 e. The van der Waals surface area contributed by atoms with E-state index in [0.717, 1.165) is 11.1 Å². The molecule has 4 rings (SSSR count). The highest BCUT2D eigenvalue weighted by atomic mass is 16.5. The molecule has 2 atom stereocenters. The summed E-state index contributed by atoms with van der Waals surface area (Å²) >= 11 is 0. The quantitative estimate of drug-likeness (QED) is 0.321. The Hall–Kier alpha value is -3.73. The topological polar surface area (TPSA) is 69.7 Å². The van der Waals surface area contributed by atoms with Crippen molar-refractivity contribution in [3.8, 4) is 5.75 Å². The second-order valence-electron chi connectivity index (χ2n) is 7.95. The molecule has 0 bridgehead atoms. The lowest BCUT2D eigenvalue weighted by molar-refractivity contribution is -0.160. The van der Waals surface area contributed by atoms with Crippen LogP contribution in [0.5, 0.6) is 5.75 Å². The van der Waals surface area contributed by atoms with Gasteiger partial charge in [-0.25, -0.2) is 0 Å². The summed E-state index contributed by atoms with van der Waals surface area (Å²) < 4.78 is 10.8. The van der Waals surface area contributed by atoms with Gasteiger partial charge in [0.15, 0.2) is 5.78 Å². The molecule has 3 aromatic rings. The van der Waals surface area contributed by atoms with E-state index in [9.17, 15) is 14.4 Å². The molecule has 5 nitrogen and oxygen atoms in total. The number of hydrogen-bond donors (Lipinski definition) is 0. The van der Waals surface area contributed by atoms with Crippen LogP contribution >= 0.6 is 0 Å². The standard InChI is InChI=1S/C27H24O5/c1-17(28)18-13-15-21(16-14-18)32-27(30)25-22(19-9-5-3-6-10-19)24(26(29)31-2)23(25)20-11-7-4-8-12-20/h3-16,22-25H,1-2H3/t22-,23-,24?,25?/m0/s1. The predicted molar refractivity (Wildman–Crippen MR) is 119 cm³/mol. The van der Waals surface area contributed by atoms with E-state index in [-0.39, 0.29) is 23.6 Å². The molecule has 32 heavy (non-hydrogen) atoms. The van der Waals surface area contributed by atoms with Crippen LogP contribution in [0.25, 0.3) is 0 Å². The van der Waals surface area contributed by atoms with Gasteiger partial charge in [-0.3, -0.25) is 14.4 Å². The Balaban J connectivity index is 1.70. The summed E-state index contributed by atoms with van der Waals surface area (Å²) in [6, 6.07) is 25.5. The van der Waals surface area contributed by atoms with E-state index in [1.807, 2.05) is 60.7 Å². The molecule has 0 amide bonds. The summed E-state index contributed by atoms with van der Waals surface area (Å²) in [5.74, 6) is -2.24. The molecule has 162 valence electrons. The molecule has 0 aromatic heterocycles. The molecule has 1 aliphatic carbocycles. The molecule has 0 aliphatic heterocycles. The van der Waals surface area contributed by atoms with Crippen LogP contribution in [0.2, 0.25) is 0 Å². The molecule has 1 saturated carbocycles. The van der Waals surface area contributed by atoms with Gasteiger partial charge in [0.2, 0.25) is 0 Å². The van der Waals surface area contributed by atoms with Crippen molar-refractivity contribution in [2.75, 3.05) is 7.11 Å². The fraction of sp³-hybridized carbons (Fsp3) is 0.222. The van der Waals surface area contributed by atoms with Crippen molar-refractivity contribution < 1.29 is 23.9 Å². The summed E-state index contributed by atoms with van der Waals surface area (Å²) in [4.78, 5) is 37.7. The first-order valence-electron chi connectivity index (χ1n) is 10.5. The van der Waals surface area contributed by atoms with Crippen LogP contribution in [0.4, 0.5) is 0 Å². The monoisotopic (exact) mass is 428 g/mol. The average molecular weight is 428 g/mol. The van der Waals surface area contributed by atoms with Gasteiger partial charge in [-0.05, 0) is 42.3 Å². The first-order chi connectivity index (χ1) is 15.5. The molecule has 0 saturated heterocycles. The van der Waals surface area contributed by atoms with Gasteiger partial charge in [0, 0.05) is 17.4 Å². The second-order valence-corrected chi connectivity index (χ2v) is 7.95.